The van der Waals surface area contributed by atoms with E-state index in [1.165, 1.54) is 44.9 Å². The summed E-state index contributed by atoms with van der Waals surface area (Å²) in [5.41, 5.74) is 0. The highest BCUT2D eigenvalue weighted by atomic mass is 16.2. The Kier molecular flexibility index (Phi) is 7.33. The molecule has 0 saturated heterocycles. The zero-order chi connectivity index (χ0) is 13.4. The molecule has 0 aromatic rings. The van der Waals surface area contributed by atoms with Gasteiger partial charge in [0.15, 0.2) is 0 Å². The van der Waals surface area contributed by atoms with Crippen molar-refractivity contribution in [3.8, 4) is 0 Å². The molecule has 0 spiro atoms. The Morgan fingerprint density at radius 2 is 2.00 bits per heavy atom. The van der Waals surface area contributed by atoms with E-state index >= 15 is 0 Å². The number of nitrogens with one attached hydrogen (secondary N) is 2. The summed E-state index contributed by atoms with van der Waals surface area (Å²) < 4.78 is 0. The van der Waals surface area contributed by atoms with Crippen molar-refractivity contribution in [1.82, 2.24) is 10.6 Å². The van der Waals surface area contributed by atoms with Crippen LogP contribution in [0, 0.1) is 5.92 Å². The molecule has 1 amide bonds. The van der Waals surface area contributed by atoms with Crippen LogP contribution >= 0.6 is 0 Å². The van der Waals surface area contributed by atoms with Gasteiger partial charge in [0.25, 0.3) is 0 Å². The van der Waals surface area contributed by atoms with Gasteiger partial charge in [-0.15, -0.1) is 0 Å². The highest BCUT2D eigenvalue weighted by Gasteiger charge is 2.21. The molecule has 0 bridgehead atoms. The van der Waals surface area contributed by atoms with Gasteiger partial charge in [-0.2, -0.15) is 0 Å². The van der Waals surface area contributed by atoms with Gasteiger partial charge in [-0.05, 0) is 39.0 Å². The predicted molar refractivity (Wildman–Crippen MR) is 76.6 cm³/mol. The lowest BCUT2D eigenvalue weighted by Gasteiger charge is -2.21. The molecule has 1 fully saturated rings. The molecular weight excluding hydrogens is 224 g/mol. The van der Waals surface area contributed by atoms with E-state index in [1.54, 1.807) is 0 Å². The van der Waals surface area contributed by atoms with Crippen molar-refractivity contribution in [3.05, 3.63) is 0 Å². The summed E-state index contributed by atoms with van der Waals surface area (Å²) in [6.45, 7) is 6.93. The van der Waals surface area contributed by atoms with Gasteiger partial charge in [0.1, 0.15) is 0 Å². The van der Waals surface area contributed by atoms with E-state index < -0.39 is 0 Å². The van der Waals surface area contributed by atoms with E-state index in [2.05, 4.69) is 17.6 Å². The standard InChI is InChI=1S/C15H30N2O/c1-4-7-13-8-6-9-14(11-10-13)17-12(3)15(18)16-5-2/h12-14,17H,4-11H2,1-3H3,(H,16,18). The molecule has 0 aromatic heterocycles. The summed E-state index contributed by atoms with van der Waals surface area (Å²) in [5.74, 6) is 1.05. The van der Waals surface area contributed by atoms with Gasteiger partial charge in [-0.3, -0.25) is 4.79 Å². The molecule has 1 aliphatic carbocycles. The fourth-order valence-electron chi connectivity index (χ4n) is 3.00. The Bertz CT molecular complexity index is 243. The highest BCUT2D eigenvalue weighted by Crippen LogP contribution is 2.26. The Morgan fingerprint density at radius 1 is 1.22 bits per heavy atom. The average molecular weight is 254 g/mol. The molecule has 3 atom stereocenters. The van der Waals surface area contributed by atoms with Crippen LogP contribution < -0.4 is 10.6 Å². The lowest BCUT2D eigenvalue weighted by molar-refractivity contribution is -0.122. The topological polar surface area (TPSA) is 41.1 Å². The fraction of sp³-hybridized carbons (Fsp3) is 0.933. The van der Waals surface area contributed by atoms with Crippen molar-refractivity contribution < 1.29 is 4.79 Å². The van der Waals surface area contributed by atoms with Gasteiger partial charge in [0, 0.05) is 12.6 Å². The third-order valence-corrected chi connectivity index (χ3v) is 4.02. The van der Waals surface area contributed by atoms with Crippen LogP contribution in [0.15, 0.2) is 0 Å². The van der Waals surface area contributed by atoms with Gasteiger partial charge in [-0.1, -0.05) is 32.6 Å². The zero-order valence-electron chi connectivity index (χ0n) is 12.3. The third-order valence-electron chi connectivity index (χ3n) is 4.02. The quantitative estimate of drug-likeness (QED) is 0.716. The molecule has 0 heterocycles. The summed E-state index contributed by atoms with van der Waals surface area (Å²) >= 11 is 0. The third kappa shape index (κ3) is 5.38. The smallest absolute Gasteiger partial charge is 0.236 e. The first kappa shape index (κ1) is 15.5. The van der Waals surface area contributed by atoms with Crippen molar-refractivity contribution in [3.63, 3.8) is 0 Å². The number of hydrogen-bond acceptors (Lipinski definition) is 2. The molecule has 3 unspecified atom stereocenters. The van der Waals surface area contributed by atoms with Crippen LogP contribution in [0.5, 0.6) is 0 Å². The van der Waals surface area contributed by atoms with Crippen LogP contribution in [-0.2, 0) is 4.79 Å². The molecule has 1 saturated carbocycles. The Labute approximate surface area is 112 Å². The van der Waals surface area contributed by atoms with Crippen molar-refractivity contribution in [2.45, 2.75) is 77.8 Å². The largest absolute Gasteiger partial charge is 0.355 e. The number of rotatable bonds is 6. The summed E-state index contributed by atoms with van der Waals surface area (Å²) in [6, 6.07) is 0.474. The molecule has 1 aliphatic rings. The van der Waals surface area contributed by atoms with E-state index in [9.17, 15) is 4.79 Å². The monoisotopic (exact) mass is 254 g/mol. The first-order chi connectivity index (χ1) is 8.67. The first-order valence-corrected chi connectivity index (χ1v) is 7.71. The minimum absolute atomic E-state index is 0.0577. The van der Waals surface area contributed by atoms with Crippen LogP contribution in [0.25, 0.3) is 0 Å². The lowest BCUT2D eigenvalue weighted by Crippen LogP contribution is -2.46. The molecule has 3 heteroatoms. The molecule has 18 heavy (non-hydrogen) atoms. The molecule has 0 aliphatic heterocycles. The zero-order valence-corrected chi connectivity index (χ0v) is 12.3. The van der Waals surface area contributed by atoms with E-state index in [1.807, 2.05) is 13.8 Å². The fourth-order valence-corrected chi connectivity index (χ4v) is 3.00. The minimum atomic E-state index is -0.0577. The molecule has 0 radical (unpaired) electrons. The predicted octanol–water partition coefficient (Wildman–Crippen LogP) is 2.85. The van der Waals surface area contributed by atoms with Gasteiger partial charge in [-0.25, -0.2) is 0 Å². The number of carbonyl (C=O) groups excluding carboxylic acids is 1. The Hall–Kier alpha value is -0.570. The van der Waals surface area contributed by atoms with Crippen molar-refractivity contribution in [2.24, 2.45) is 5.92 Å². The van der Waals surface area contributed by atoms with Crippen LogP contribution in [0.1, 0.15) is 65.7 Å². The Morgan fingerprint density at radius 3 is 2.67 bits per heavy atom. The number of carbonyl (C=O) groups is 1. The molecule has 2 N–H and O–H groups in total. The average Bonchev–Trinajstić information content (AvgIpc) is 2.56. The van der Waals surface area contributed by atoms with E-state index in [0.717, 1.165) is 5.92 Å². The molecule has 0 aromatic carbocycles. The van der Waals surface area contributed by atoms with Crippen molar-refractivity contribution in [1.29, 1.82) is 0 Å². The first-order valence-electron chi connectivity index (χ1n) is 7.71. The molecule has 106 valence electrons. The number of hydrogen-bond donors (Lipinski definition) is 2. The normalized spacial score (nSPS) is 26.4. The van der Waals surface area contributed by atoms with Crippen LogP contribution in [-0.4, -0.2) is 24.5 Å². The maximum atomic E-state index is 11.7. The van der Waals surface area contributed by atoms with E-state index in [0.29, 0.717) is 12.6 Å². The number of likely N-dealkylation sites (N-methyl/N-ethyl adjacent to an activating group) is 1. The molecule has 1 rings (SSSR count). The van der Waals surface area contributed by atoms with Crippen LogP contribution in [0.3, 0.4) is 0 Å². The second kappa shape index (κ2) is 8.52. The summed E-state index contributed by atoms with van der Waals surface area (Å²) in [4.78, 5) is 11.7. The van der Waals surface area contributed by atoms with Crippen LogP contribution in [0.2, 0.25) is 0 Å². The maximum absolute atomic E-state index is 11.7. The van der Waals surface area contributed by atoms with E-state index in [-0.39, 0.29) is 11.9 Å². The highest BCUT2D eigenvalue weighted by molar-refractivity contribution is 5.81. The SMILES string of the molecule is CCCC1CCCC(NC(C)C(=O)NCC)CC1. The second-order valence-corrected chi connectivity index (χ2v) is 5.64. The van der Waals surface area contributed by atoms with Gasteiger partial charge in [0.05, 0.1) is 6.04 Å². The maximum Gasteiger partial charge on any atom is 0.236 e. The van der Waals surface area contributed by atoms with Crippen molar-refractivity contribution >= 4 is 5.91 Å². The molecule has 3 nitrogen and oxygen atoms in total. The minimum Gasteiger partial charge on any atom is -0.355 e. The Balaban J connectivity index is 2.32. The van der Waals surface area contributed by atoms with Crippen molar-refractivity contribution in [2.75, 3.05) is 6.54 Å². The van der Waals surface area contributed by atoms with Gasteiger partial charge >= 0.3 is 0 Å². The van der Waals surface area contributed by atoms with Gasteiger partial charge in [0.2, 0.25) is 5.91 Å². The summed E-state index contributed by atoms with van der Waals surface area (Å²) in [7, 11) is 0. The molecular formula is C15H30N2O. The lowest BCUT2D eigenvalue weighted by atomic mass is 9.95. The van der Waals surface area contributed by atoms with E-state index in [4.69, 9.17) is 0 Å². The second-order valence-electron chi connectivity index (χ2n) is 5.64. The van der Waals surface area contributed by atoms with Crippen LogP contribution in [0.4, 0.5) is 0 Å². The number of amides is 1. The van der Waals surface area contributed by atoms with Gasteiger partial charge < -0.3 is 10.6 Å². The summed E-state index contributed by atoms with van der Waals surface area (Å²) in [5, 5.41) is 6.37. The summed E-state index contributed by atoms with van der Waals surface area (Å²) in [6.07, 6.45) is 9.15.